The molecule has 4 heterocycles. The maximum Gasteiger partial charge on any atom is 0.310 e. The number of hydrogen-bond acceptors (Lipinski definition) is 8. The molecule has 9 nitrogen and oxygen atoms in total. The van der Waals surface area contributed by atoms with Gasteiger partial charge >= 0.3 is 5.97 Å². The van der Waals surface area contributed by atoms with Crippen LogP contribution < -0.4 is 0 Å². The van der Waals surface area contributed by atoms with Gasteiger partial charge in [-0.05, 0) is 25.7 Å². The number of aliphatic hydroxyl groups is 1. The summed E-state index contributed by atoms with van der Waals surface area (Å²) in [5.74, 6) is -1.68. The highest BCUT2D eigenvalue weighted by Crippen LogP contribution is 2.68. The number of likely N-dealkylation sites (tertiary alicyclic amines) is 1. The van der Waals surface area contributed by atoms with Crippen molar-refractivity contribution in [2.24, 2.45) is 11.8 Å². The van der Waals surface area contributed by atoms with Crippen LogP contribution in [0.15, 0.2) is 25.3 Å². The van der Waals surface area contributed by atoms with Gasteiger partial charge in [0.05, 0.1) is 36.4 Å². The minimum atomic E-state index is -0.682. The highest BCUT2D eigenvalue weighted by atomic mass is 79.9. The third-order valence-electron chi connectivity index (χ3n) is 8.62. The van der Waals surface area contributed by atoms with Gasteiger partial charge in [0.2, 0.25) is 11.8 Å². The largest absolute Gasteiger partial charge is 0.465 e. The van der Waals surface area contributed by atoms with Crippen molar-refractivity contribution < 1.29 is 29.0 Å². The molecule has 0 saturated carbocycles. The van der Waals surface area contributed by atoms with Crippen molar-refractivity contribution in [1.29, 1.82) is 0 Å². The zero-order valence-corrected chi connectivity index (χ0v) is 25.8. The summed E-state index contributed by atoms with van der Waals surface area (Å²) in [6.45, 7) is 13.2. The summed E-state index contributed by atoms with van der Waals surface area (Å²) in [6.07, 6.45) is 7.85. The van der Waals surface area contributed by atoms with Crippen molar-refractivity contribution in [2.45, 2.75) is 59.4 Å². The van der Waals surface area contributed by atoms with E-state index >= 15 is 0 Å². The Hall–Kier alpha value is -1.40. The van der Waals surface area contributed by atoms with Crippen LogP contribution in [0.4, 0.5) is 0 Å². The van der Waals surface area contributed by atoms with Crippen LogP contribution >= 0.6 is 27.7 Å². The van der Waals surface area contributed by atoms with E-state index in [1.165, 1.54) is 0 Å². The molecule has 4 saturated heterocycles. The van der Waals surface area contributed by atoms with Gasteiger partial charge in [0, 0.05) is 56.0 Å². The molecular weight excluding hydrogens is 598 g/mol. The molecule has 0 aromatic rings. The van der Waals surface area contributed by atoms with E-state index in [4.69, 9.17) is 14.6 Å². The Morgan fingerprint density at radius 3 is 2.62 bits per heavy atom. The second kappa shape index (κ2) is 14.7. The number of esters is 1. The number of nitrogens with zero attached hydrogens (tertiary/aromatic N) is 3. The Morgan fingerprint density at radius 1 is 1.18 bits per heavy atom. The quantitative estimate of drug-likeness (QED) is 0.119. The Kier molecular flexibility index (Phi) is 11.6. The molecule has 2 amide bonds. The van der Waals surface area contributed by atoms with Crippen LogP contribution in [0, 0.1) is 11.8 Å². The van der Waals surface area contributed by atoms with Crippen LogP contribution in [-0.4, -0.2) is 124 Å². The van der Waals surface area contributed by atoms with E-state index < -0.39 is 22.6 Å². The molecular formula is C29H44BrN3O6S. The molecule has 1 N–H and O–H groups in total. The van der Waals surface area contributed by atoms with E-state index in [1.807, 2.05) is 4.90 Å². The Balaban J connectivity index is 1.60. The fourth-order valence-electron chi connectivity index (χ4n) is 6.71. The number of fused-ring (bicyclic) bond motifs is 1. The molecule has 4 fully saturated rings. The van der Waals surface area contributed by atoms with Gasteiger partial charge in [-0.1, -0.05) is 40.9 Å². The first-order chi connectivity index (χ1) is 19.4. The predicted molar refractivity (Wildman–Crippen MR) is 159 cm³/mol. The highest BCUT2D eigenvalue weighted by molar-refractivity contribution is 9.09. The average Bonchev–Trinajstić information content (AvgIpc) is 3.54. The van der Waals surface area contributed by atoms with Crippen molar-refractivity contribution in [3.05, 3.63) is 25.3 Å². The smallest absolute Gasteiger partial charge is 0.310 e. The molecule has 1 spiro atoms. The average molecular weight is 643 g/mol. The molecule has 6 atom stereocenters. The summed E-state index contributed by atoms with van der Waals surface area (Å²) < 4.78 is 10.4. The number of rotatable bonds is 16. The predicted octanol–water partition coefficient (Wildman–Crippen LogP) is 2.47. The van der Waals surface area contributed by atoms with Crippen LogP contribution in [0.3, 0.4) is 0 Å². The van der Waals surface area contributed by atoms with Gasteiger partial charge in [-0.25, -0.2) is 0 Å². The lowest BCUT2D eigenvalue weighted by Crippen LogP contribution is -2.56. The van der Waals surface area contributed by atoms with Gasteiger partial charge in [-0.15, -0.1) is 24.9 Å². The summed E-state index contributed by atoms with van der Waals surface area (Å²) in [5.41, 5.74) is 0. The molecule has 0 aliphatic carbocycles. The number of thioether (sulfide) groups is 1. The molecule has 224 valence electrons. The van der Waals surface area contributed by atoms with Gasteiger partial charge in [0.25, 0.3) is 0 Å². The number of carbonyl (C=O) groups excluding carboxylic acids is 3. The summed E-state index contributed by atoms with van der Waals surface area (Å²) in [4.78, 5) is 47.9. The van der Waals surface area contributed by atoms with E-state index in [1.54, 1.807) is 28.8 Å². The van der Waals surface area contributed by atoms with Crippen LogP contribution in [0.25, 0.3) is 0 Å². The minimum Gasteiger partial charge on any atom is -0.465 e. The number of unbranched alkanes of at least 4 members (excludes halogenated alkanes) is 3. The lowest BCUT2D eigenvalue weighted by Gasteiger charge is -2.38. The van der Waals surface area contributed by atoms with Crippen LogP contribution in [0.1, 0.15) is 38.5 Å². The number of halogens is 1. The SMILES string of the molecule is C=CCCOC(=O)[C@H]1[C@@H]2SC3(CC2Br)C(C(=O)N(CC=C)CCN2CCOCC2)N(CCCCCCO)C(=O)[C@H]13. The number of amides is 2. The lowest BCUT2D eigenvalue weighted by molar-refractivity contribution is -0.154. The molecule has 4 rings (SSSR count). The second-order valence-electron chi connectivity index (χ2n) is 11.1. The van der Waals surface area contributed by atoms with E-state index in [-0.39, 0.29) is 41.1 Å². The summed E-state index contributed by atoms with van der Waals surface area (Å²) >= 11 is 5.45. The van der Waals surface area contributed by atoms with Crippen LogP contribution in [-0.2, 0) is 23.9 Å². The maximum absolute atomic E-state index is 14.5. The summed E-state index contributed by atoms with van der Waals surface area (Å²) in [5, 5.41) is 9.05. The Bertz CT molecular complexity index is 933. The first-order valence-electron chi connectivity index (χ1n) is 14.6. The molecule has 0 aromatic heterocycles. The number of carbonyl (C=O) groups is 3. The van der Waals surface area contributed by atoms with Gasteiger partial charge < -0.3 is 24.4 Å². The third-order valence-corrected chi connectivity index (χ3v) is 11.8. The van der Waals surface area contributed by atoms with Crippen LogP contribution in [0.2, 0.25) is 0 Å². The molecule has 4 aliphatic heterocycles. The summed E-state index contributed by atoms with van der Waals surface area (Å²) in [7, 11) is 0. The topological polar surface area (TPSA) is 99.6 Å². The Labute approximate surface area is 250 Å². The number of ether oxygens (including phenoxy) is 2. The van der Waals surface area contributed by atoms with Crippen molar-refractivity contribution in [1.82, 2.24) is 14.7 Å². The molecule has 0 radical (unpaired) electrons. The first-order valence-corrected chi connectivity index (χ1v) is 16.4. The van der Waals surface area contributed by atoms with E-state index in [2.05, 4.69) is 34.0 Å². The van der Waals surface area contributed by atoms with Gasteiger partial charge in [0.15, 0.2) is 0 Å². The zero-order valence-electron chi connectivity index (χ0n) is 23.4. The fourth-order valence-corrected chi connectivity index (χ4v) is 10.3. The second-order valence-corrected chi connectivity index (χ2v) is 13.8. The molecule has 40 heavy (non-hydrogen) atoms. The van der Waals surface area contributed by atoms with Crippen LogP contribution in [0.5, 0.6) is 0 Å². The standard InChI is InChI=1S/C29H44BrN3O6S/c1-3-5-17-39-28(37)22-23-26(35)33(11-8-6-7-9-16-34)25(29(23)20-21(30)24(22)40-29)27(36)32(10-4-2)13-12-31-14-18-38-19-15-31/h3-4,21-25,34H,1-2,5-20H2/t21?,22-,23+,24-,25?,29?/m1/s1. The van der Waals surface area contributed by atoms with Gasteiger partial charge in [-0.2, -0.15) is 0 Å². The van der Waals surface area contributed by atoms with Crippen molar-refractivity contribution in [2.75, 3.05) is 65.7 Å². The molecule has 11 heteroatoms. The lowest BCUT2D eigenvalue weighted by atomic mass is 9.71. The number of alkyl halides is 1. The first kappa shape index (κ1) is 31.5. The monoisotopic (exact) mass is 641 g/mol. The van der Waals surface area contributed by atoms with E-state index in [0.29, 0.717) is 45.7 Å². The van der Waals surface area contributed by atoms with Crippen molar-refractivity contribution in [3.63, 3.8) is 0 Å². The normalized spacial score (nSPS) is 31.3. The molecule has 2 bridgehead atoms. The van der Waals surface area contributed by atoms with Crippen molar-refractivity contribution >= 4 is 45.5 Å². The van der Waals surface area contributed by atoms with E-state index in [0.717, 1.165) is 45.3 Å². The van der Waals surface area contributed by atoms with Gasteiger partial charge in [-0.3, -0.25) is 19.3 Å². The number of morpholine rings is 1. The zero-order chi connectivity index (χ0) is 28.7. The van der Waals surface area contributed by atoms with E-state index in [9.17, 15) is 14.4 Å². The highest BCUT2D eigenvalue weighted by Gasteiger charge is 2.76. The number of aliphatic hydroxyl groups excluding tert-OH is 1. The maximum atomic E-state index is 14.5. The van der Waals surface area contributed by atoms with Crippen molar-refractivity contribution in [3.8, 4) is 0 Å². The molecule has 3 unspecified atom stereocenters. The minimum absolute atomic E-state index is 0.0134. The number of hydrogen-bond donors (Lipinski definition) is 1. The fraction of sp³-hybridized carbons (Fsp3) is 0.759. The Morgan fingerprint density at radius 2 is 1.93 bits per heavy atom. The summed E-state index contributed by atoms with van der Waals surface area (Å²) in [6, 6.07) is -0.645. The third kappa shape index (κ3) is 6.48. The molecule has 4 aliphatic rings. The van der Waals surface area contributed by atoms with Gasteiger partial charge in [0.1, 0.15) is 6.04 Å². The molecule has 0 aromatic carbocycles.